The minimum atomic E-state index is -4.53. The molecule has 0 saturated carbocycles. The van der Waals surface area contributed by atoms with E-state index >= 15 is 0 Å². The third kappa shape index (κ3) is 4.46. The maximum absolute atomic E-state index is 13.9. The van der Waals surface area contributed by atoms with Crippen LogP contribution in [0.2, 0.25) is 0 Å². The Balaban J connectivity index is 1.34. The Morgan fingerprint density at radius 3 is 2.50 bits per heavy atom. The lowest BCUT2D eigenvalue weighted by Crippen LogP contribution is -2.48. The van der Waals surface area contributed by atoms with Crippen LogP contribution in [-0.4, -0.2) is 57.8 Å². The molecule has 34 heavy (non-hydrogen) atoms. The lowest BCUT2D eigenvalue weighted by atomic mass is 10.0. The Bertz CT molecular complexity index is 1140. The summed E-state index contributed by atoms with van der Waals surface area (Å²) in [7, 11) is 0. The minimum Gasteiger partial charge on any atom is -0.467 e. The van der Waals surface area contributed by atoms with Gasteiger partial charge >= 0.3 is 6.18 Å². The van der Waals surface area contributed by atoms with Gasteiger partial charge in [0, 0.05) is 39.1 Å². The summed E-state index contributed by atoms with van der Waals surface area (Å²) in [6.07, 6.45) is -3.40. The van der Waals surface area contributed by atoms with Gasteiger partial charge in [-0.3, -0.25) is 9.69 Å². The average molecular weight is 538 g/mol. The summed E-state index contributed by atoms with van der Waals surface area (Å²) in [5, 5.41) is 7.19. The Hall–Kier alpha value is -2.79. The van der Waals surface area contributed by atoms with Crippen LogP contribution < -0.4 is 5.32 Å². The van der Waals surface area contributed by atoms with Gasteiger partial charge in [-0.05, 0) is 33.6 Å². The number of amides is 1. The van der Waals surface area contributed by atoms with Crippen LogP contribution in [0.5, 0.6) is 0 Å². The Labute approximate surface area is 202 Å². The van der Waals surface area contributed by atoms with Crippen LogP contribution >= 0.6 is 15.9 Å². The molecule has 5 rings (SSSR count). The zero-order valence-electron chi connectivity index (χ0n) is 18.1. The maximum Gasteiger partial charge on any atom is 0.410 e. The van der Waals surface area contributed by atoms with Crippen LogP contribution in [-0.2, 0) is 6.54 Å². The van der Waals surface area contributed by atoms with Crippen molar-refractivity contribution in [2.75, 3.05) is 31.5 Å². The fourth-order valence-corrected chi connectivity index (χ4v) is 5.05. The number of furan rings is 1. The van der Waals surface area contributed by atoms with Crippen LogP contribution in [0, 0.1) is 0 Å². The summed E-state index contributed by atoms with van der Waals surface area (Å²) in [4.78, 5) is 17.1. The zero-order valence-corrected chi connectivity index (χ0v) is 19.7. The molecular formula is C23H23BrF3N5O2. The van der Waals surface area contributed by atoms with E-state index in [1.54, 1.807) is 17.0 Å². The topological polar surface area (TPSA) is 66.5 Å². The molecule has 1 saturated heterocycles. The van der Waals surface area contributed by atoms with Crippen molar-refractivity contribution in [3.05, 3.63) is 70.2 Å². The number of alkyl halides is 3. The molecule has 0 bridgehead atoms. The minimum absolute atomic E-state index is 0.0200. The number of carbonyl (C=O) groups excluding carboxylic acids is 1. The van der Waals surface area contributed by atoms with Crippen LogP contribution in [0.3, 0.4) is 0 Å². The number of piperazine rings is 1. The molecule has 11 heteroatoms. The first-order valence-corrected chi connectivity index (χ1v) is 11.8. The summed E-state index contributed by atoms with van der Waals surface area (Å²) >= 11 is 3.34. The maximum atomic E-state index is 13.9. The number of hydrogen-bond donors (Lipinski definition) is 1. The molecule has 2 aliphatic heterocycles. The van der Waals surface area contributed by atoms with E-state index in [9.17, 15) is 18.0 Å². The number of halogens is 4. The highest BCUT2D eigenvalue weighted by Crippen LogP contribution is 2.46. The first-order chi connectivity index (χ1) is 16.3. The summed E-state index contributed by atoms with van der Waals surface area (Å²) in [6, 6.07) is 10.8. The molecule has 1 aromatic carbocycles. The van der Waals surface area contributed by atoms with Crippen LogP contribution in [0.15, 0.2) is 57.6 Å². The molecule has 0 radical (unpaired) electrons. The third-order valence-electron chi connectivity index (χ3n) is 6.29. The highest BCUT2D eigenvalue weighted by atomic mass is 79.9. The van der Waals surface area contributed by atoms with Gasteiger partial charge in [0.2, 0.25) is 0 Å². The van der Waals surface area contributed by atoms with Crippen molar-refractivity contribution in [3.8, 4) is 0 Å². The molecule has 1 fully saturated rings. The number of benzene rings is 1. The second-order valence-corrected chi connectivity index (χ2v) is 9.31. The SMILES string of the molecule is O=C(c1nn2c(c1Br)N[C@H](c1ccco1)C[C@H]2C(F)(F)F)N1CCN(Cc2ccccc2)CC1. The molecule has 2 aliphatic rings. The molecule has 4 heterocycles. The van der Waals surface area contributed by atoms with Crippen LogP contribution in [0.25, 0.3) is 0 Å². The molecule has 3 aromatic rings. The Morgan fingerprint density at radius 1 is 1.12 bits per heavy atom. The molecule has 1 N–H and O–H groups in total. The lowest BCUT2D eigenvalue weighted by Gasteiger charge is -2.34. The second-order valence-electron chi connectivity index (χ2n) is 8.52. The number of nitrogens with zero attached hydrogens (tertiary/aromatic N) is 4. The van der Waals surface area contributed by atoms with Gasteiger partial charge in [0.15, 0.2) is 11.7 Å². The number of nitrogens with one attached hydrogen (secondary N) is 1. The number of fused-ring (bicyclic) bond motifs is 1. The number of aromatic nitrogens is 2. The predicted molar refractivity (Wildman–Crippen MR) is 122 cm³/mol. The lowest BCUT2D eigenvalue weighted by molar-refractivity contribution is -0.174. The smallest absolute Gasteiger partial charge is 0.410 e. The largest absolute Gasteiger partial charge is 0.467 e. The van der Waals surface area contributed by atoms with Gasteiger partial charge in [0.05, 0.1) is 16.8 Å². The zero-order chi connectivity index (χ0) is 23.9. The first kappa shape index (κ1) is 23.0. The van der Waals surface area contributed by atoms with Gasteiger partial charge < -0.3 is 14.6 Å². The molecule has 0 unspecified atom stereocenters. The number of rotatable bonds is 4. The summed E-state index contributed by atoms with van der Waals surface area (Å²) in [6.45, 7) is 3.10. The van der Waals surface area contributed by atoms with E-state index in [1.165, 1.54) is 11.8 Å². The van der Waals surface area contributed by atoms with Gasteiger partial charge in [-0.15, -0.1) is 0 Å². The molecule has 0 aliphatic carbocycles. The monoisotopic (exact) mass is 537 g/mol. The van der Waals surface area contributed by atoms with Crippen molar-refractivity contribution in [1.29, 1.82) is 0 Å². The van der Waals surface area contributed by atoms with E-state index in [4.69, 9.17) is 4.42 Å². The molecule has 180 valence electrons. The van der Waals surface area contributed by atoms with Gasteiger partial charge in [0.1, 0.15) is 11.6 Å². The summed E-state index contributed by atoms with van der Waals surface area (Å²) in [5.74, 6) is 0.141. The fraction of sp³-hybridized carbons (Fsp3) is 0.391. The van der Waals surface area contributed by atoms with Crippen molar-refractivity contribution in [1.82, 2.24) is 19.6 Å². The molecule has 1 amide bonds. The second kappa shape index (κ2) is 9.10. The third-order valence-corrected chi connectivity index (χ3v) is 7.04. The Kier molecular flexibility index (Phi) is 6.15. The number of carbonyl (C=O) groups is 1. The van der Waals surface area contributed by atoms with Crippen molar-refractivity contribution in [3.63, 3.8) is 0 Å². The highest BCUT2D eigenvalue weighted by molar-refractivity contribution is 9.10. The fourth-order valence-electron chi connectivity index (χ4n) is 4.50. The van der Waals surface area contributed by atoms with Gasteiger partial charge in [-0.2, -0.15) is 18.3 Å². The van der Waals surface area contributed by atoms with E-state index in [0.29, 0.717) is 31.9 Å². The molecule has 2 aromatic heterocycles. The quantitative estimate of drug-likeness (QED) is 0.515. The van der Waals surface area contributed by atoms with E-state index in [0.717, 1.165) is 11.2 Å². The summed E-state index contributed by atoms with van der Waals surface area (Å²) < 4.78 is 48.2. The van der Waals surface area contributed by atoms with Crippen LogP contribution in [0.1, 0.15) is 40.3 Å². The van der Waals surface area contributed by atoms with E-state index in [2.05, 4.69) is 43.4 Å². The molecule has 2 atom stereocenters. The summed E-state index contributed by atoms with van der Waals surface area (Å²) in [5.41, 5.74) is 1.18. The van der Waals surface area contributed by atoms with Gasteiger partial charge in [0.25, 0.3) is 5.91 Å². The molecular weight excluding hydrogens is 515 g/mol. The average Bonchev–Trinajstić information content (AvgIpc) is 3.47. The predicted octanol–water partition coefficient (Wildman–Crippen LogP) is 4.86. The van der Waals surface area contributed by atoms with E-state index < -0.39 is 18.3 Å². The molecule has 7 nitrogen and oxygen atoms in total. The van der Waals surface area contributed by atoms with Crippen LogP contribution in [0.4, 0.5) is 19.0 Å². The van der Waals surface area contributed by atoms with Crippen molar-refractivity contribution in [2.24, 2.45) is 0 Å². The van der Waals surface area contributed by atoms with Gasteiger partial charge in [-0.1, -0.05) is 30.3 Å². The van der Waals surface area contributed by atoms with Gasteiger partial charge in [-0.25, -0.2) is 4.68 Å². The number of hydrogen-bond acceptors (Lipinski definition) is 5. The standard InChI is InChI=1S/C23H23BrF3N5O2/c24-19-20(22(33)31-10-8-30(9-11-31)14-15-5-2-1-3-6-15)29-32-18(23(25,26)27)13-16(28-21(19)32)17-7-4-12-34-17/h1-7,12,16,18,28H,8-11,13-14H2/t16-,18-/m0/s1. The highest BCUT2D eigenvalue weighted by Gasteiger charge is 2.48. The van der Waals surface area contributed by atoms with Crippen molar-refractivity contribution >= 4 is 27.7 Å². The molecule has 0 spiro atoms. The normalized spacial score (nSPS) is 21.2. The first-order valence-electron chi connectivity index (χ1n) is 11.0. The number of anilines is 1. The van der Waals surface area contributed by atoms with Crippen molar-refractivity contribution in [2.45, 2.75) is 31.2 Å². The van der Waals surface area contributed by atoms with E-state index in [-0.39, 0.29) is 28.3 Å². The Morgan fingerprint density at radius 2 is 1.85 bits per heavy atom. The van der Waals surface area contributed by atoms with Crippen molar-refractivity contribution < 1.29 is 22.4 Å². The van der Waals surface area contributed by atoms with E-state index in [1.807, 2.05) is 18.2 Å².